The van der Waals surface area contributed by atoms with E-state index in [0.29, 0.717) is 15.9 Å². The lowest BCUT2D eigenvalue weighted by Crippen LogP contribution is -2.62. The van der Waals surface area contributed by atoms with Crippen LogP contribution in [0.5, 0.6) is 0 Å². The number of carbonyl (C=O) groups is 3. The van der Waals surface area contributed by atoms with Crippen molar-refractivity contribution < 1.29 is 19.5 Å². The van der Waals surface area contributed by atoms with Crippen LogP contribution in [0.15, 0.2) is 9.85 Å². The molecular formula is C20H29BrN4O4S. The van der Waals surface area contributed by atoms with E-state index in [4.69, 9.17) is 5.73 Å². The average Bonchev–Trinajstić information content (AvgIpc) is 3.24. The molecule has 1 aromatic heterocycles. The highest BCUT2D eigenvalue weighted by molar-refractivity contribution is 9.11. The summed E-state index contributed by atoms with van der Waals surface area (Å²) < 4.78 is 0.657. The molecule has 10 heteroatoms. The third kappa shape index (κ3) is 4.09. The maximum Gasteiger partial charge on any atom is 0.408 e. The zero-order valence-electron chi connectivity index (χ0n) is 17.5. The Labute approximate surface area is 188 Å². The number of piperidine rings is 1. The number of nitrogens with one attached hydrogen (secondary N) is 1. The molecule has 30 heavy (non-hydrogen) atoms. The lowest BCUT2D eigenvalue weighted by Gasteiger charge is -2.45. The van der Waals surface area contributed by atoms with Gasteiger partial charge in [0.1, 0.15) is 10.4 Å². The zero-order chi connectivity index (χ0) is 22.3. The van der Waals surface area contributed by atoms with Crippen LogP contribution in [0, 0.1) is 5.41 Å². The second-order valence-corrected chi connectivity index (χ2v) is 11.5. The van der Waals surface area contributed by atoms with E-state index in [9.17, 15) is 19.5 Å². The number of carboxylic acid groups (broad SMARTS) is 1. The summed E-state index contributed by atoms with van der Waals surface area (Å²) in [6.45, 7) is 7.79. The number of likely N-dealkylation sites (tertiary alicyclic amines) is 2. The molecule has 3 rings (SSSR count). The van der Waals surface area contributed by atoms with Gasteiger partial charge in [0, 0.05) is 12.6 Å². The van der Waals surface area contributed by atoms with Gasteiger partial charge in [-0.25, -0.2) is 4.79 Å². The van der Waals surface area contributed by atoms with Crippen molar-refractivity contribution in [3.8, 4) is 0 Å². The van der Waals surface area contributed by atoms with Crippen LogP contribution in [0.3, 0.4) is 0 Å². The number of carbonyl (C=O) groups excluding carboxylic acids is 2. The number of rotatable bonds is 4. The Morgan fingerprint density at radius 1 is 1.27 bits per heavy atom. The molecule has 3 amide bonds. The lowest BCUT2D eigenvalue weighted by atomic mass is 9.70. The first-order valence-corrected chi connectivity index (χ1v) is 11.7. The quantitative estimate of drug-likeness (QED) is 0.584. The van der Waals surface area contributed by atoms with E-state index in [1.165, 1.54) is 11.3 Å². The van der Waals surface area contributed by atoms with Gasteiger partial charge < -0.3 is 16.2 Å². The van der Waals surface area contributed by atoms with Gasteiger partial charge in [-0.2, -0.15) is 0 Å². The monoisotopic (exact) mass is 500 g/mol. The lowest BCUT2D eigenvalue weighted by molar-refractivity contribution is -0.132. The van der Waals surface area contributed by atoms with Gasteiger partial charge in [-0.3, -0.25) is 19.4 Å². The largest absolute Gasteiger partial charge is 0.465 e. The highest BCUT2D eigenvalue weighted by atomic mass is 79.9. The molecule has 0 bridgehead atoms. The standard InChI is InChI=1S/C20H29BrN4O4S/c1-19(2,3)20(17(27)23-13-9-14(21)30-15(13)16(22)26)10-12(11-25(20)18(28)29)24-7-5-4-6-8-24/h9,12H,4-8,10-11H2,1-3H3,(H2,22,26)(H,23,27)(H,28,29)/t12?,20-/m1/s1. The Balaban J connectivity index is 1.99. The molecule has 0 aromatic carbocycles. The fourth-order valence-electron chi connectivity index (χ4n) is 4.78. The summed E-state index contributed by atoms with van der Waals surface area (Å²) in [5.74, 6) is -1.07. The molecule has 0 spiro atoms. The molecular weight excluding hydrogens is 472 g/mol. The Morgan fingerprint density at radius 3 is 2.43 bits per heavy atom. The van der Waals surface area contributed by atoms with Crippen molar-refractivity contribution in [3.05, 3.63) is 14.7 Å². The van der Waals surface area contributed by atoms with E-state index in [1.54, 1.807) is 6.07 Å². The fourth-order valence-corrected chi connectivity index (χ4v) is 6.19. The minimum atomic E-state index is -1.27. The second kappa shape index (κ2) is 8.47. The van der Waals surface area contributed by atoms with Gasteiger partial charge in [0.2, 0.25) is 0 Å². The number of hydrogen-bond acceptors (Lipinski definition) is 5. The summed E-state index contributed by atoms with van der Waals surface area (Å²) in [6, 6.07) is 1.61. The van der Waals surface area contributed by atoms with Crippen LogP contribution in [0.2, 0.25) is 0 Å². The van der Waals surface area contributed by atoms with E-state index < -0.39 is 28.9 Å². The maximum absolute atomic E-state index is 13.7. The van der Waals surface area contributed by atoms with Crippen LogP contribution in [-0.4, -0.2) is 64.0 Å². The smallest absolute Gasteiger partial charge is 0.408 e. The molecule has 2 saturated heterocycles. The highest BCUT2D eigenvalue weighted by Crippen LogP contribution is 2.46. The van der Waals surface area contributed by atoms with Gasteiger partial charge in [-0.05, 0) is 59.8 Å². The van der Waals surface area contributed by atoms with E-state index in [-0.39, 0.29) is 17.5 Å². The summed E-state index contributed by atoms with van der Waals surface area (Å²) in [5.41, 5.74) is 3.82. The number of nitrogens with two attached hydrogens (primary N) is 1. The topological polar surface area (TPSA) is 116 Å². The summed E-state index contributed by atoms with van der Waals surface area (Å²) in [6.07, 6.45) is 2.65. The van der Waals surface area contributed by atoms with Gasteiger partial charge in [0.05, 0.1) is 9.47 Å². The van der Waals surface area contributed by atoms with Crippen molar-refractivity contribution in [3.63, 3.8) is 0 Å². The predicted octanol–water partition coefficient (Wildman–Crippen LogP) is 3.57. The number of amides is 3. The number of hydrogen-bond donors (Lipinski definition) is 3. The summed E-state index contributed by atoms with van der Waals surface area (Å²) >= 11 is 4.46. The Kier molecular flexibility index (Phi) is 6.50. The van der Waals surface area contributed by atoms with Gasteiger partial charge in [-0.15, -0.1) is 11.3 Å². The number of primary amides is 1. The van der Waals surface area contributed by atoms with Crippen molar-refractivity contribution in [2.75, 3.05) is 25.0 Å². The van der Waals surface area contributed by atoms with Gasteiger partial charge in [-0.1, -0.05) is 27.2 Å². The SMILES string of the molecule is CC(C)(C)[C@]1(C(=O)Nc2cc(Br)sc2C(N)=O)CC(N2CCCCC2)CN1C(=O)O. The van der Waals surface area contributed by atoms with Gasteiger partial charge in [0.25, 0.3) is 11.8 Å². The van der Waals surface area contributed by atoms with Crippen molar-refractivity contribution in [2.24, 2.45) is 11.1 Å². The third-order valence-corrected chi connectivity index (χ3v) is 7.97. The molecule has 1 unspecified atom stereocenters. The molecule has 2 aliphatic rings. The average molecular weight is 501 g/mol. The first-order valence-electron chi connectivity index (χ1n) is 10.1. The molecule has 2 fully saturated rings. The number of thiophene rings is 1. The van der Waals surface area contributed by atoms with Crippen molar-refractivity contribution in [1.82, 2.24) is 9.80 Å². The molecule has 0 aliphatic carbocycles. The number of halogens is 1. The molecule has 3 heterocycles. The molecule has 0 radical (unpaired) electrons. The van der Waals surface area contributed by atoms with Crippen LogP contribution in [-0.2, 0) is 4.79 Å². The summed E-state index contributed by atoms with van der Waals surface area (Å²) in [7, 11) is 0. The summed E-state index contributed by atoms with van der Waals surface area (Å²) in [4.78, 5) is 41.6. The van der Waals surface area contributed by atoms with E-state index in [0.717, 1.165) is 37.3 Å². The van der Waals surface area contributed by atoms with E-state index in [2.05, 4.69) is 26.1 Å². The molecule has 2 aliphatic heterocycles. The van der Waals surface area contributed by atoms with Crippen LogP contribution in [0.1, 0.15) is 56.1 Å². The summed E-state index contributed by atoms with van der Waals surface area (Å²) in [5, 5.41) is 12.9. The minimum absolute atomic E-state index is 0.0174. The van der Waals surface area contributed by atoms with E-state index in [1.807, 2.05) is 20.8 Å². The van der Waals surface area contributed by atoms with Crippen molar-refractivity contribution in [2.45, 2.75) is 58.0 Å². The fraction of sp³-hybridized carbons (Fsp3) is 0.650. The zero-order valence-corrected chi connectivity index (χ0v) is 19.9. The van der Waals surface area contributed by atoms with E-state index >= 15 is 0 Å². The van der Waals surface area contributed by atoms with Crippen molar-refractivity contribution >= 4 is 50.9 Å². The molecule has 4 N–H and O–H groups in total. The van der Waals surface area contributed by atoms with Gasteiger partial charge in [0.15, 0.2) is 0 Å². The molecule has 1 aromatic rings. The first kappa shape index (κ1) is 23.0. The normalized spacial score (nSPS) is 25.3. The van der Waals surface area contributed by atoms with Gasteiger partial charge >= 0.3 is 6.09 Å². The molecule has 0 saturated carbocycles. The van der Waals surface area contributed by atoms with Crippen LogP contribution in [0.25, 0.3) is 0 Å². The second-order valence-electron chi connectivity index (χ2n) is 9.07. The maximum atomic E-state index is 13.7. The number of anilines is 1. The predicted molar refractivity (Wildman–Crippen MR) is 120 cm³/mol. The molecule has 8 nitrogen and oxygen atoms in total. The Hall–Kier alpha value is -1.65. The van der Waals surface area contributed by atoms with Crippen LogP contribution >= 0.6 is 27.3 Å². The Morgan fingerprint density at radius 2 is 1.90 bits per heavy atom. The molecule has 166 valence electrons. The van der Waals surface area contributed by atoms with Crippen LogP contribution < -0.4 is 11.1 Å². The highest BCUT2D eigenvalue weighted by Gasteiger charge is 2.60. The van der Waals surface area contributed by atoms with Crippen LogP contribution in [0.4, 0.5) is 10.5 Å². The minimum Gasteiger partial charge on any atom is -0.465 e. The third-order valence-electron chi connectivity index (χ3n) is 6.31. The number of nitrogens with zero attached hydrogens (tertiary/aromatic N) is 2. The Bertz CT molecular complexity index is 846. The molecule has 2 atom stereocenters. The first-order chi connectivity index (χ1) is 14.0. The van der Waals surface area contributed by atoms with Crippen molar-refractivity contribution in [1.29, 1.82) is 0 Å².